The van der Waals surface area contributed by atoms with E-state index in [0.717, 1.165) is 42.8 Å². The van der Waals surface area contributed by atoms with Gasteiger partial charge in [0.15, 0.2) is 0 Å². The molecular formula is C20H25NO2. The molecule has 3 aliphatic rings. The van der Waals surface area contributed by atoms with E-state index < -0.39 is 6.29 Å². The van der Waals surface area contributed by atoms with Crippen LogP contribution >= 0.6 is 0 Å². The third kappa shape index (κ3) is 2.21. The molecule has 0 radical (unpaired) electrons. The van der Waals surface area contributed by atoms with Gasteiger partial charge < -0.3 is 14.7 Å². The number of fused-ring (bicyclic) bond motifs is 2. The Bertz CT molecular complexity index is 715. The van der Waals surface area contributed by atoms with Crippen LogP contribution in [0.3, 0.4) is 0 Å². The van der Waals surface area contributed by atoms with Crippen molar-refractivity contribution in [2.45, 2.75) is 51.7 Å². The van der Waals surface area contributed by atoms with Gasteiger partial charge in [-0.3, -0.25) is 0 Å². The summed E-state index contributed by atoms with van der Waals surface area (Å²) in [5, 5.41) is 10.3. The molecule has 1 aromatic carbocycles. The molecule has 0 saturated carbocycles. The predicted octanol–water partition coefficient (Wildman–Crippen LogP) is 3.79. The van der Waals surface area contributed by atoms with Gasteiger partial charge in [0.2, 0.25) is 6.29 Å². The molecule has 1 atom stereocenters. The second kappa shape index (κ2) is 5.13. The second-order valence-electron chi connectivity index (χ2n) is 7.51. The molecule has 122 valence electrons. The molecule has 0 aliphatic carbocycles. The average Bonchev–Trinajstić information content (AvgIpc) is 2.52. The van der Waals surface area contributed by atoms with Crippen LogP contribution in [0.5, 0.6) is 5.75 Å². The zero-order chi connectivity index (χ0) is 16.2. The summed E-state index contributed by atoms with van der Waals surface area (Å²) in [4.78, 5) is 2.51. The first-order valence-corrected chi connectivity index (χ1v) is 8.65. The quantitative estimate of drug-likeness (QED) is 0.856. The Balaban J connectivity index is 1.96. The number of hydrogen-bond acceptors (Lipinski definition) is 3. The summed E-state index contributed by atoms with van der Waals surface area (Å²) in [6.07, 6.45) is 8.48. The lowest BCUT2D eigenvalue weighted by molar-refractivity contribution is 0.0150. The minimum absolute atomic E-state index is 0.192. The highest BCUT2D eigenvalue weighted by molar-refractivity contribution is 5.78. The number of aliphatic hydroxyl groups is 1. The molecule has 4 rings (SSSR count). The topological polar surface area (TPSA) is 32.7 Å². The van der Waals surface area contributed by atoms with Gasteiger partial charge >= 0.3 is 0 Å². The zero-order valence-electron chi connectivity index (χ0n) is 14.2. The lowest BCUT2D eigenvalue weighted by Crippen LogP contribution is -2.41. The maximum absolute atomic E-state index is 10.3. The maximum atomic E-state index is 10.3. The zero-order valence-corrected chi connectivity index (χ0v) is 14.2. The van der Waals surface area contributed by atoms with Gasteiger partial charge in [0.1, 0.15) is 5.75 Å². The monoisotopic (exact) mass is 311 g/mol. The Morgan fingerprint density at radius 3 is 2.96 bits per heavy atom. The standard InChI is InChI=1S/C20H25NO2/c1-4-6-13-11-14-12-16-17-15(18(14)23-19(13)22)7-5-9-21(17)10-8-20(16,2)3/h4,6,11-12,19,22H,5,7-10H2,1-3H3/b6-4+. The number of anilines is 1. The van der Waals surface area contributed by atoms with Crippen LogP contribution in [0.15, 0.2) is 23.8 Å². The number of ether oxygens (including phenoxy) is 1. The van der Waals surface area contributed by atoms with Gasteiger partial charge in [0, 0.05) is 35.5 Å². The molecule has 3 aliphatic heterocycles. The fourth-order valence-electron chi connectivity index (χ4n) is 4.17. The van der Waals surface area contributed by atoms with Crippen molar-refractivity contribution in [2.75, 3.05) is 18.0 Å². The molecule has 0 bridgehead atoms. The molecule has 0 fully saturated rings. The summed E-state index contributed by atoms with van der Waals surface area (Å²) in [6.45, 7) is 8.90. The molecule has 3 heterocycles. The molecule has 3 heteroatoms. The summed E-state index contributed by atoms with van der Waals surface area (Å²) >= 11 is 0. The number of nitrogens with zero attached hydrogens (tertiary/aromatic N) is 1. The molecule has 1 N–H and O–H groups in total. The van der Waals surface area contributed by atoms with Crippen molar-refractivity contribution in [3.63, 3.8) is 0 Å². The molecular weight excluding hydrogens is 286 g/mol. The van der Waals surface area contributed by atoms with Gasteiger partial charge in [-0.05, 0) is 49.3 Å². The SMILES string of the molecule is C/C=C/C1=Cc2cc3c4c(c2OC1O)CCCN4CCC3(C)C. The van der Waals surface area contributed by atoms with Gasteiger partial charge in [-0.15, -0.1) is 0 Å². The summed E-state index contributed by atoms with van der Waals surface area (Å²) in [7, 11) is 0. The third-order valence-corrected chi connectivity index (χ3v) is 5.48. The van der Waals surface area contributed by atoms with Gasteiger partial charge in [-0.25, -0.2) is 0 Å². The van der Waals surface area contributed by atoms with Crippen LogP contribution in [0.25, 0.3) is 6.08 Å². The summed E-state index contributed by atoms with van der Waals surface area (Å²) in [5.41, 5.74) is 6.25. The van der Waals surface area contributed by atoms with Crippen molar-refractivity contribution in [3.8, 4) is 5.75 Å². The van der Waals surface area contributed by atoms with Crippen molar-refractivity contribution in [1.82, 2.24) is 0 Å². The van der Waals surface area contributed by atoms with E-state index in [0.29, 0.717) is 0 Å². The summed E-state index contributed by atoms with van der Waals surface area (Å²) in [6, 6.07) is 2.29. The fraction of sp³-hybridized carbons (Fsp3) is 0.500. The molecule has 3 nitrogen and oxygen atoms in total. The first-order chi connectivity index (χ1) is 11.0. The number of hydrogen-bond donors (Lipinski definition) is 1. The van der Waals surface area contributed by atoms with Crippen molar-refractivity contribution in [1.29, 1.82) is 0 Å². The maximum Gasteiger partial charge on any atom is 0.224 e. The Hall–Kier alpha value is -1.74. The van der Waals surface area contributed by atoms with E-state index in [1.165, 1.54) is 23.2 Å². The second-order valence-corrected chi connectivity index (χ2v) is 7.51. The smallest absolute Gasteiger partial charge is 0.224 e. The first-order valence-electron chi connectivity index (χ1n) is 8.65. The van der Waals surface area contributed by atoms with E-state index in [2.05, 4.69) is 30.9 Å². The minimum Gasteiger partial charge on any atom is -0.460 e. The van der Waals surface area contributed by atoms with Crippen LogP contribution in [0.2, 0.25) is 0 Å². The number of allylic oxidation sites excluding steroid dienone is 1. The van der Waals surface area contributed by atoms with E-state index in [4.69, 9.17) is 4.74 Å². The molecule has 1 aromatic rings. The van der Waals surface area contributed by atoms with Gasteiger partial charge in [-0.1, -0.05) is 26.0 Å². The van der Waals surface area contributed by atoms with E-state index >= 15 is 0 Å². The lowest BCUT2D eigenvalue weighted by Gasteiger charge is -2.45. The predicted molar refractivity (Wildman–Crippen MR) is 94.0 cm³/mol. The van der Waals surface area contributed by atoms with E-state index in [1.54, 1.807) is 0 Å². The number of benzene rings is 1. The third-order valence-electron chi connectivity index (χ3n) is 5.48. The largest absolute Gasteiger partial charge is 0.460 e. The summed E-state index contributed by atoms with van der Waals surface area (Å²) < 4.78 is 5.94. The van der Waals surface area contributed by atoms with E-state index in [1.807, 2.05) is 19.1 Å². The van der Waals surface area contributed by atoms with Crippen LogP contribution < -0.4 is 9.64 Å². The van der Waals surface area contributed by atoms with Gasteiger partial charge in [-0.2, -0.15) is 0 Å². The molecule has 0 spiro atoms. The molecule has 0 aromatic heterocycles. The fourth-order valence-corrected chi connectivity index (χ4v) is 4.17. The highest BCUT2D eigenvalue weighted by Gasteiger charge is 2.37. The van der Waals surface area contributed by atoms with Crippen LogP contribution in [-0.4, -0.2) is 24.5 Å². The molecule has 0 saturated heterocycles. The Morgan fingerprint density at radius 2 is 2.17 bits per heavy atom. The Morgan fingerprint density at radius 1 is 1.35 bits per heavy atom. The molecule has 23 heavy (non-hydrogen) atoms. The Labute approximate surface area is 138 Å². The van der Waals surface area contributed by atoms with Crippen LogP contribution in [0, 0.1) is 0 Å². The van der Waals surface area contributed by atoms with Crippen molar-refractivity contribution < 1.29 is 9.84 Å². The summed E-state index contributed by atoms with van der Waals surface area (Å²) in [5.74, 6) is 0.895. The van der Waals surface area contributed by atoms with Gasteiger partial charge in [0.05, 0.1) is 0 Å². The Kier molecular flexibility index (Phi) is 3.31. The van der Waals surface area contributed by atoms with E-state index in [-0.39, 0.29) is 5.41 Å². The minimum atomic E-state index is -0.861. The van der Waals surface area contributed by atoms with Crippen LogP contribution in [0.1, 0.15) is 50.3 Å². The van der Waals surface area contributed by atoms with Gasteiger partial charge in [0.25, 0.3) is 0 Å². The number of aliphatic hydroxyl groups excluding tert-OH is 1. The highest BCUT2D eigenvalue weighted by atomic mass is 16.6. The van der Waals surface area contributed by atoms with Crippen molar-refractivity contribution in [3.05, 3.63) is 40.5 Å². The van der Waals surface area contributed by atoms with Crippen molar-refractivity contribution >= 4 is 11.8 Å². The molecule has 0 amide bonds. The number of rotatable bonds is 1. The van der Waals surface area contributed by atoms with E-state index in [9.17, 15) is 5.11 Å². The normalized spacial score (nSPS) is 24.8. The van der Waals surface area contributed by atoms with Crippen LogP contribution in [0.4, 0.5) is 5.69 Å². The average molecular weight is 311 g/mol. The van der Waals surface area contributed by atoms with Crippen molar-refractivity contribution in [2.24, 2.45) is 0 Å². The van der Waals surface area contributed by atoms with Crippen LogP contribution in [-0.2, 0) is 11.8 Å². The lowest BCUT2D eigenvalue weighted by atomic mass is 9.74. The first kappa shape index (κ1) is 14.8. The highest BCUT2D eigenvalue weighted by Crippen LogP contribution is 2.49. The molecule has 1 unspecified atom stereocenters.